The first kappa shape index (κ1) is 42.2. The maximum absolute atomic E-state index is 10.5. The molecule has 4 aromatic carbocycles. The summed E-state index contributed by atoms with van der Waals surface area (Å²) in [5, 5.41) is 1.23. The summed E-state index contributed by atoms with van der Waals surface area (Å²) >= 11 is 0. The minimum absolute atomic E-state index is 0.0666. The number of likely N-dealkylation sites (tertiary alicyclic amines) is 1. The number of nitrogens with zero attached hydrogens (tertiary/aromatic N) is 3. The Bertz CT molecular complexity index is 2400. The van der Waals surface area contributed by atoms with Gasteiger partial charge in [0.25, 0.3) is 30.4 Å². The molecule has 2 aliphatic rings. The molecule has 13 nitrogen and oxygen atoms in total. The highest BCUT2D eigenvalue weighted by Crippen LogP contribution is 2.34. The summed E-state index contributed by atoms with van der Waals surface area (Å²) in [6.45, 7) is 9.07. The van der Waals surface area contributed by atoms with Gasteiger partial charge >= 0.3 is 0 Å². The Hall–Kier alpha value is -4.94. The number of nitrogens with one attached hydrogen (secondary N) is 1. The van der Waals surface area contributed by atoms with Crippen molar-refractivity contribution in [2.45, 2.75) is 41.5 Å². The van der Waals surface area contributed by atoms with Crippen LogP contribution >= 0.6 is 0 Å². The van der Waals surface area contributed by atoms with Gasteiger partial charge in [0.05, 0.1) is 32.3 Å². The highest BCUT2D eigenvalue weighted by Gasteiger charge is 2.43. The predicted octanol–water partition coefficient (Wildman–Crippen LogP) is 6.71. The van der Waals surface area contributed by atoms with E-state index in [-0.39, 0.29) is 14.7 Å². The lowest BCUT2D eigenvalue weighted by Gasteiger charge is -2.40. The smallest absolute Gasteiger partial charge is 0.294 e. The topological polar surface area (TPSA) is 198 Å². The van der Waals surface area contributed by atoms with Gasteiger partial charge in [-0.1, -0.05) is 65.2 Å². The van der Waals surface area contributed by atoms with Crippen molar-refractivity contribution in [2.24, 2.45) is 5.92 Å². The summed E-state index contributed by atoms with van der Waals surface area (Å²) in [4.78, 5) is 12.7. The van der Waals surface area contributed by atoms with Crippen molar-refractivity contribution in [3.63, 3.8) is 0 Å². The van der Waals surface area contributed by atoms with Gasteiger partial charge in [-0.2, -0.15) is 25.3 Å². The first-order valence-corrected chi connectivity index (χ1v) is 21.7. The van der Waals surface area contributed by atoms with Gasteiger partial charge in [-0.05, 0) is 88.5 Å². The molecule has 0 aliphatic carbocycles. The average molecular weight is 821 g/mol. The Morgan fingerprint density at radius 2 is 1.09 bits per heavy atom. The zero-order valence-corrected chi connectivity index (χ0v) is 33.6. The Morgan fingerprint density at radius 3 is 1.48 bits per heavy atom. The van der Waals surface area contributed by atoms with Crippen LogP contribution in [0.15, 0.2) is 136 Å². The number of hydrogen-bond acceptors (Lipinski definition) is 9. The number of pyridine rings is 1. The molecule has 0 saturated carbocycles. The molecular formula is C40H44N4O9S3. The van der Waals surface area contributed by atoms with Crippen LogP contribution in [0.5, 0.6) is 0 Å². The van der Waals surface area contributed by atoms with Crippen molar-refractivity contribution in [2.75, 3.05) is 31.6 Å². The highest BCUT2D eigenvalue weighted by molar-refractivity contribution is 7.86. The van der Waals surface area contributed by atoms with Crippen molar-refractivity contribution in [1.82, 2.24) is 14.9 Å². The third-order valence-corrected chi connectivity index (χ3v) is 12.0. The highest BCUT2D eigenvalue weighted by atomic mass is 32.2. The van der Waals surface area contributed by atoms with Crippen molar-refractivity contribution in [3.05, 3.63) is 138 Å². The number of benzene rings is 4. The number of rotatable bonds is 5. The fourth-order valence-corrected chi connectivity index (χ4v) is 7.72. The van der Waals surface area contributed by atoms with Crippen molar-refractivity contribution in [1.29, 1.82) is 0 Å². The van der Waals surface area contributed by atoms with Gasteiger partial charge in [0.15, 0.2) is 0 Å². The van der Waals surface area contributed by atoms with Crippen LogP contribution in [-0.2, 0) is 30.4 Å². The molecule has 4 N–H and O–H groups in total. The van der Waals surface area contributed by atoms with E-state index < -0.39 is 30.4 Å². The Labute approximate surface area is 327 Å². The molecule has 2 fully saturated rings. The zero-order chi connectivity index (χ0) is 40.8. The van der Waals surface area contributed by atoms with Gasteiger partial charge in [-0.3, -0.25) is 18.6 Å². The van der Waals surface area contributed by atoms with E-state index in [2.05, 4.69) is 58.2 Å². The van der Waals surface area contributed by atoms with Crippen LogP contribution in [0.1, 0.15) is 16.7 Å². The largest absolute Gasteiger partial charge is 0.368 e. The van der Waals surface area contributed by atoms with Crippen LogP contribution in [0.25, 0.3) is 22.2 Å². The normalized spacial score (nSPS) is 16.6. The van der Waals surface area contributed by atoms with E-state index in [9.17, 15) is 25.3 Å². The van der Waals surface area contributed by atoms with E-state index in [1.165, 1.54) is 66.1 Å². The van der Waals surface area contributed by atoms with Gasteiger partial charge in [0, 0.05) is 54.3 Å². The van der Waals surface area contributed by atoms with Gasteiger partial charge in [0.2, 0.25) is 0 Å². The molecule has 6 aromatic rings. The minimum Gasteiger partial charge on any atom is -0.368 e. The van der Waals surface area contributed by atoms with Crippen molar-refractivity contribution >= 4 is 46.9 Å². The Morgan fingerprint density at radius 1 is 0.607 bits per heavy atom. The summed E-state index contributed by atoms with van der Waals surface area (Å²) in [6.07, 6.45) is 4.02. The monoisotopic (exact) mass is 820 g/mol. The average Bonchev–Trinajstić information content (AvgIpc) is 3.77. The van der Waals surface area contributed by atoms with E-state index in [4.69, 9.17) is 18.6 Å². The second kappa shape index (κ2) is 17.5. The molecule has 0 spiro atoms. The first-order chi connectivity index (χ1) is 26.3. The standard InChI is InChI=1S/C19H20N4.3C7H8O3S/c1-22-10-13-11-23(12-19(13)22)14-5-6-18(21-9-14)15-3-2-4-17-16(15)7-8-20-17;3*1-6-2-4-7(5-3-6)11(8,9)10/h2-9,13,19-20H,10-12H2,1H3;3*2-5H,1H3,(H,8,9,10)/t13-,19+;;;/m1.../s1. The number of likely N-dealkylation sites (N-methyl/N-ethyl adjacent to an activating group) is 1. The van der Waals surface area contributed by atoms with Crippen LogP contribution in [0, 0.1) is 26.7 Å². The van der Waals surface area contributed by atoms with Crippen LogP contribution in [0.4, 0.5) is 5.69 Å². The van der Waals surface area contributed by atoms with E-state index in [1.807, 2.05) is 33.2 Å². The lowest BCUT2D eigenvalue weighted by Crippen LogP contribution is -2.52. The van der Waals surface area contributed by atoms with E-state index >= 15 is 0 Å². The lowest BCUT2D eigenvalue weighted by molar-refractivity contribution is 0.0827. The molecule has 2 aromatic heterocycles. The summed E-state index contributed by atoms with van der Waals surface area (Å²) < 4.78 is 88.7. The molecule has 296 valence electrons. The number of aromatic amines is 1. The second-order valence-electron chi connectivity index (χ2n) is 13.7. The molecule has 2 aliphatic heterocycles. The molecule has 0 radical (unpaired) electrons. The molecule has 0 amide bonds. The maximum atomic E-state index is 10.5. The molecule has 56 heavy (non-hydrogen) atoms. The molecule has 0 bridgehead atoms. The van der Waals surface area contributed by atoms with E-state index in [0.717, 1.165) is 46.4 Å². The van der Waals surface area contributed by atoms with Crippen LogP contribution < -0.4 is 4.90 Å². The number of aryl methyl sites for hydroxylation is 3. The fraction of sp³-hybridized carbons (Fsp3) is 0.225. The number of fused-ring (bicyclic) bond motifs is 2. The van der Waals surface area contributed by atoms with Crippen LogP contribution in [-0.4, -0.2) is 86.5 Å². The van der Waals surface area contributed by atoms with E-state index in [1.54, 1.807) is 36.4 Å². The van der Waals surface area contributed by atoms with Gasteiger partial charge in [-0.15, -0.1) is 0 Å². The fourth-order valence-electron chi connectivity index (χ4n) is 6.28. The number of anilines is 1. The number of hydrogen-bond donors (Lipinski definition) is 4. The number of aromatic nitrogens is 2. The van der Waals surface area contributed by atoms with Gasteiger partial charge in [-0.25, -0.2) is 0 Å². The lowest BCUT2D eigenvalue weighted by atomic mass is 9.93. The molecule has 2 saturated heterocycles. The quantitative estimate of drug-likeness (QED) is 0.134. The zero-order valence-electron chi connectivity index (χ0n) is 31.2. The third-order valence-electron chi connectivity index (χ3n) is 9.44. The minimum atomic E-state index is -4.02. The molecule has 4 heterocycles. The summed E-state index contributed by atoms with van der Waals surface area (Å²) in [7, 11) is -9.83. The molecule has 8 rings (SSSR count). The van der Waals surface area contributed by atoms with Gasteiger partial charge < -0.3 is 14.8 Å². The van der Waals surface area contributed by atoms with Crippen LogP contribution in [0.2, 0.25) is 0 Å². The van der Waals surface area contributed by atoms with Gasteiger partial charge in [0.1, 0.15) is 0 Å². The third kappa shape index (κ3) is 11.1. The summed E-state index contributed by atoms with van der Waals surface area (Å²) in [5.74, 6) is 0.841. The number of H-pyrrole nitrogens is 1. The first-order valence-electron chi connectivity index (χ1n) is 17.4. The van der Waals surface area contributed by atoms with Crippen LogP contribution in [0.3, 0.4) is 0 Å². The molecule has 0 unspecified atom stereocenters. The Kier molecular flexibility index (Phi) is 13.2. The molecule has 16 heteroatoms. The predicted molar refractivity (Wildman–Crippen MR) is 217 cm³/mol. The van der Waals surface area contributed by atoms with E-state index in [0.29, 0.717) is 0 Å². The SMILES string of the molecule is CN1C[C@@H]2CN(c3ccc(-c4cccc5[nH]ccc45)nc3)C[C@@H]21.Cc1ccc(S(=O)(=O)O)cc1.Cc1ccc(S(=O)(=O)O)cc1.Cc1ccc(S(=O)(=O)O)cc1. The van der Waals surface area contributed by atoms with Crippen molar-refractivity contribution in [3.8, 4) is 11.3 Å². The second-order valence-corrected chi connectivity index (χ2v) is 17.9. The molecule has 2 atom stereocenters. The molecular weight excluding hydrogens is 777 g/mol. The summed E-state index contributed by atoms with van der Waals surface area (Å²) in [6, 6.07) is 31.5. The maximum Gasteiger partial charge on any atom is 0.294 e. The van der Waals surface area contributed by atoms with Crippen molar-refractivity contribution < 1.29 is 38.9 Å². The Balaban J connectivity index is 0.000000155. The summed E-state index contributed by atoms with van der Waals surface area (Å²) in [5.41, 5.74) is 7.51.